The lowest BCUT2D eigenvalue weighted by molar-refractivity contribution is -0.152. The smallest absolute Gasteiger partial charge is 0.347 e. The van der Waals surface area contributed by atoms with E-state index in [1.807, 2.05) is 36.6 Å². The molecule has 1 aliphatic carbocycles. The maximum Gasteiger partial charge on any atom is 0.347 e. The SMILES string of the molecule is CSc1ccc(C(=O)[C@@H]2CCCC(C(=O)Oc3ccccc3)C[C@H]2Cc2ccc(OC(C)(C)C(=O)O)cc2F)cc1. The number of ether oxygens (including phenoxy) is 2. The minimum atomic E-state index is -1.52. The monoisotopic (exact) mass is 578 g/mol. The Morgan fingerprint density at radius 2 is 1.68 bits per heavy atom. The molecule has 1 saturated carbocycles. The Labute approximate surface area is 244 Å². The van der Waals surface area contributed by atoms with E-state index in [1.165, 1.54) is 19.9 Å². The first-order valence-electron chi connectivity index (χ1n) is 13.7. The van der Waals surface area contributed by atoms with E-state index in [4.69, 9.17) is 9.47 Å². The van der Waals surface area contributed by atoms with Gasteiger partial charge >= 0.3 is 11.9 Å². The Kier molecular flexibility index (Phi) is 9.86. The number of halogens is 1. The number of thioether (sulfide) groups is 1. The molecule has 0 saturated heterocycles. The zero-order valence-corrected chi connectivity index (χ0v) is 24.3. The van der Waals surface area contributed by atoms with Crippen LogP contribution in [0.1, 0.15) is 55.5 Å². The van der Waals surface area contributed by atoms with E-state index in [9.17, 15) is 19.5 Å². The largest absolute Gasteiger partial charge is 0.478 e. The molecular weight excluding hydrogens is 543 g/mol. The summed E-state index contributed by atoms with van der Waals surface area (Å²) in [5.41, 5.74) is -0.545. The fourth-order valence-corrected chi connectivity index (χ4v) is 5.70. The second-order valence-corrected chi connectivity index (χ2v) is 11.8. The Morgan fingerprint density at radius 3 is 2.32 bits per heavy atom. The van der Waals surface area contributed by atoms with Gasteiger partial charge in [-0.3, -0.25) is 9.59 Å². The molecular formula is C33H35FO6S. The van der Waals surface area contributed by atoms with Crippen molar-refractivity contribution in [3.8, 4) is 11.5 Å². The number of benzene rings is 3. The van der Waals surface area contributed by atoms with Gasteiger partial charge in [0.2, 0.25) is 0 Å². The summed E-state index contributed by atoms with van der Waals surface area (Å²) in [7, 11) is 0. The first kappa shape index (κ1) is 30.3. The Hall–Kier alpha value is -3.65. The van der Waals surface area contributed by atoms with Gasteiger partial charge in [-0.25, -0.2) is 9.18 Å². The highest BCUT2D eigenvalue weighted by atomic mass is 32.2. The highest BCUT2D eigenvalue weighted by Crippen LogP contribution is 2.38. The number of esters is 1. The fourth-order valence-electron chi connectivity index (χ4n) is 5.29. The molecule has 0 radical (unpaired) electrons. The van der Waals surface area contributed by atoms with Gasteiger partial charge in [0.15, 0.2) is 11.4 Å². The Morgan fingerprint density at radius 1 is 0.976 bits per heavy atom. The third-order valence-corrected chi connectivity index (χ3v) is 8.37. The van der Waals surface area contributed by atoms with Crippen molar-refractivity contribution in [1.82, 2.24) is 0 Å². The van der Waals surface area contributed by atoms with E-state index in [0.717, 1.165) is 4.90 Å². The first-order chi connectivity index (χ1) is 19.6. The summed E-state index contributed by atoms with van der Waals surface area (Å²) >= 11 is 1.59. The standard InChI is InChI=1S/C33H35FO6S/c1-33(2,32(37)38)40-26-15-12-22(29(34)20-26)18-24-19-23(31(36)39-25-9-5-4-6-10-25)8-7-11-28(24)30(35)21-13-16-27(41-3)17-14-21/h4-6,9-10,12-17,20,23-24,28H,7-8,11,18-19H2,1-3H3,(H,37,38)/t23?,24-,28-/m1/s1. The summed E-state index contributed by atoms with van der Waals surface area (Å²) in [4.78, 5) is 39.5. The van der Waals surface area contributed by atoms with Crippen molar-refractivity contribution in [2.45, 2.75) is 56.4 Å². The average Bonchev–Trinajstić information content (AvgIpc) is 3.17. The lowest BCUT2D eigenvalue weighted by Gasteiger charge is -2.26. The first-order valence-corrected chi connectivity index (χ1v) is 15.0. The molecule has 0 amide bonds. The van der Waals surface area contributed by atoms with Crippen LogP contribution in [0.15, 0.2) is 77.7 Å². The fraction of sp³-hybridized carbons (Fsp3) is 0.364. The summed E-state index contributed by atoms with van der Waals surface area (Å²) in [5, 5.41) is 9.35. The van der Waals surface area contributed by atoms with Crippen LogP contribution in [0.4, 0.5) is 4.39 Å². The lowest BCUT2D eigenvalue weighted by atomic mass is 9.77. The number of para-hydroxylation sites is 1. The van der Waals surface area contributed by atoms with Crippen molar-refractivity contribution in [3.63, 3.8) is 0 Å². The highest BCUT2D eigenvalue weighted by Gasteiger charge is 2.37. The number of carboxylic acids is 1. The van der Waals surface area contributed by atoms with Crippen molar-refractivity contribution in [2.75, 3.05) is 6.26 Å². The van der Waals surface area contributed by atoms with Crippen LogP contribution in [0.5, 0.6) is 11.5 Å². The predicted octanol–water partition coefficient (Wildman–Crippen LogP) is 7.24. The van der Waals surface area contributed by atoms with Crippen molar-refractivity contribution in [2.24, 2.45) is 17.8 Å². The lowest BCUT2D eigenvalue weighted by Crippen LogP contribution is -2.37. The van der Waals surface area contributed by atoms with Crippen molar-refractivity contribution in [1.29, 1.82) is 0 Å². The number of rotatable bonds is 10. The van der Waals surface area contributed by atoms with E-state index < -0.39 is 29.2 Å². The molecule has 3 aromatic rings. The number of hydrogen-bond donors (Lipinski definition) is 1. The van der Waals surface area contributed by atoms with E-state index in [1.54, 1.807) is 48.2 Å². The molecule has 8 heteroatoms. The highest BCUT2D eigenvalue weighted by molar-refractivity contribution is 7.98. The van der Waals surface area contributed by atoms with Crippen molar-refractivity contribution in [3.05, 3.63) is 89.7 Å². The van der Waals surface area contributed by atoms with Gasteiger partial charge in [0.1, 0.15) is 17.3 Å². The van der Waals surface area contributed by atoms with Crippen LogP contribution in [-0.4, -0.2) is 34.7 Å². The summed E-state index contributed by atoms with van der Waals surface area (Å²) < 4.78 is 26.5. The van der Waals surface area contributed by atoms with Crippen LogP contribution in [0.25, 0.3) is 0 Å². The van der Waals surface area contributed by atoms with Crippen LogP contribution >= 0.6 is 11.8 Å². The quantitative estimate of drug-likeness (QED) is 0.0891. The molecule has 3 atom stereocenters. The van der Waals surface area contributed by atoms with E-state index in [2.05, 4.69) is 0 Å². The minimum Gasteiger partial charge on any atom is -0.478 e. The van der Waals surface area contributed by atoms with Crippen LogP contribution in [0.3, 0.4) is 0 Å². The molecule has 0 bridgehead atoms. The van der Waals surface area contributed by atoms with Crippen molar-refractivity contribution >= 4 is 29.5 Å². The second-order valence-electron chi connectivity index (χ2n) is 10.9. The summed E-state index contributed by atoms with van der Waals surface area (Å²) in [5.74, 6) is -2.65. The number of Topliss-reactive ketones (excluding diaryl/α,β-unsaturated/α-hetero) is 1. The molecule has 216 valence electrons. The molecule has 1 fully saturated rings. The minimum absolute atomic E-state index is 0.0108. The van der Waals surface area contributed by atoms with Crippen LogP contribution in [0.2, 0.25) is 0 Å². The third-order valence-electron chi connectivity index (χ3n) is 7.62. The van der Waals surface area contributed by atoms with Gasteiger partial charge in [-0.05, 0) is 87.6 Å². The summed E-state index contributed by atoms with van der Waals surface area (Å²) in [6.45, 7) is 2.78. The molecule has 41 heavy (non-hydrogen) atoms. The van der Waals surface area contributed by atoms with Gasteiger partial charge < -0.3 is 14.6 Å². The van der Waals surface area contributed by atoms with Crippen LogP contribution in [-0.2, 0) is 16.0 Å². The Balaban J connectivity index is 1.60. The van der Waals surface area contributed by atoms with Crippen molar-refractivity contribution < 1.29 is 33.4 Å². The average molecular weight is 579 g/mol. The number of carbonyl (C=O) groups is 3. The van der Waals surface area contributed by atoms with Crippen LogP contribution < -0.4 is 9.47 Å². The molecule has 0 aromatic heterocycles. The molecule has 1 N–H and O–H groups in total. The van der Waals surface area contributed by atoms with Gasteiger partial charge in [0.25, 0.3) is 0 Å². The molecule has 3 aromatic carbocycles. The zero-order chi connectivity index (χ0) is 29.6. The number of carboxylic acid groups (broad SMARTS) is 1. The van der Waals surface area contributed by atoms with E-state index in [-0.39, 0.29) is 29.8 Å². The van der Waals surface area contributed by atoms with Gasteiger partial charge in [0, 0.05) is 22.4 Å². The molecule has 1 unspecified atom stereocenters. The maximum atomic E-state index is 15.4. The maximum absolute atomic E-state index is 15.4. The molecule has 1 aliphatic rings. The molecule has 0 aliphatic heterocycles. The number of aliphatic carboxylic acids is 1. The molecule has 0 spiro atoms. The van der Waals surface area contributed by atoms with Gasteiger partial charge in [-0.15, -0.1) is 11.8 Å². The summed E-state index contributed by atoms with van der Waals surface area (Å²) in [6, 6.07) is 20.7. The number of ketones is 1. The summed E-state index contributed by atoms with van der Waals surface area (Å²) in [6.07, 6.45) is 4.43. The van der Waals surface area contributed by atoms with E-state index in [0.29, 0.717) is 42.6 Å². The predicted molar refractivity (Wildman–Crippen MR) is 156 cm³/mol. The Bertz CT molecular complexity index is 1370. The second kappa shape index (κ2) is 13.3. The third kappa shape index (κ3) is 7.76. The van der Waals surface area contributed by atoms with Gasteiger partial charge in [0.05, 0.1) is 5.92 Å². The normalized spacial score (nSPS) is 19.2. The zero-order valence-electron chi connectivity index (χ0n) is 23.5. The molecule has 4 rings (SSSR count). The molecule has 0 heterocycles. The molecule has 6 nitrogen and oxygen atoms in total. The topological polar surface area (TPSA) is 89.9 Å². The van der Waals surface area contributed by atoms with E-state index >= 15 is 4.39 Å². The van der Waals surface area contributed by atoms with Crippen LogP contribution in [0, 0.1) is 23.6 Å². The number of hydrogen-bond acceptors (Lipinski definition) is 6. The number of carbonyl (C=O) groups excluding carboxylic acids is 2. The van der Waals surface area contributed by atoms with Gasteiger partial charge in [-0.1, -0.05) is 42.8 Å². The van der Waals surface area contributed by atoms with Gasteiger partial charge in [-0.2, -0.15) is 0 Å².